The first-order valence-electron chi connectivity index (χ1n) is 6.15. The Labute approximate surface area is 99.0 Å². The molecule has 16 heavy (non-hydrogen) atoms. The summed E-state index contributed by atoms with van der Waals surface area (Å²) in [6.07, 6.45) is 1.03. The monoisotopic (exact) mass is 221 g/mol. The number of hydrogen-bond donors (Lipinski definition) is 1. The summed E-state index contributed by atoms with van der Waals surface area (Å²) in [5.41, 5.74) is 2.66. The van der Waals surface area contributed by atoms with E-state index in [9.17, 15) is 0 Å². The van der Waals surface area contributed by atoms with Gasteiger partial charge >= 0.3 is 0 Å². The van der Waals surface area contributed by atoms with Crippen molar-refractivity contribution in [3.8, 4) is 0 Å². The second-order valence-corrected chi connectivity index (χ2v) is 4.01. The lowest BCUT2D eigenvalue weighted by Crippen LogP contribution is -2.22. The van der Waals surface area contributed by atoms with Gasteiger partial charge in [0, 0.05) is 19.3 Å². The summed E-state index contributed by atoms with van der Waals surface area (Å²) in [5.74, 6) is 0. The molecule has 0 heterocycles. The maximum atomic E-state index is 5.42. The lowest BCUT2D eigenvalue weighted by atomic mass is 10.0. The van der Waals surface area contributed by atoms with E-state index in [4.69, 9.17) is 4.74 Å². The molecular formula is C14H23NO. The zero-order chi connectivity index (χ0) is 11.8. The number of ether oxygens (including phenoxy) is 1. The van der Waals surface area contributed by atoms with Gasteiger partial charge in [-0.2, -0.15) is 0 Å². The standard InChI is InChI=1S/C14H23NO/c1-4-15-14(10-11-16-5-2)13-8-6-12(3)7-9-13/h6-9,14-15H,4-5,10-11H2,1-3H3. The Morgan fingerprint density at radius 2 is 1.88 bits per heavy atom. The van der Waals surface area contributed by atoms with Crippen LogP contribution in [0.2, 0.25) is 0 Å². The topological polar surface area (TPSA) is 21.3 Å². The molecule has 0 saturated carbocycles. The molecule has 0 aliphatic heterocycles. The van der Waals surface area contributed by atoms with Crippen LogP contribution in [-0.4, -0.2) is 19.8 Å². The lowest BCUT2D eigenvalue weighted by Gasteiger charge is -2.18. The molecule has 0 saturated heterocycles. The van der Waals surface area contributed by atoms with Gasteiger partial charge in [-0.05, 0) is 32.4 Å². The third-order valence-corrected chi connectivity index (χ3v) is 2.69. The molecule has 0 aliphatic carbocycles. The number of rotatable bonds is 7. The molecule has 1 rings (SSSR count). The summed E-state index contributed by atoms with van der Waals surface area (Å²) in [6.45, 7) is 8.90. The van der Waals surface area contributed by atoms with Crippen molar-refractivity contribution in [3.05, 3.63) is 35.4 Å². The molecule has 2 heteroatoms. The maximum Gasteiger partial charge on any atom is 0.0484 e. The number of benzene rings is 1. The minimum Gasteiger partial charge on any atom is -0.382 e. The van der Waals surface area contributed by atoms with Gasteiger partial charge in [0.1, 0.15) is 0 Å². The van der Waals surface area contributed by atoms with Gasteiger partial charge in [-0.1, -0.05) is 36.8 Å². The zero-order valence-corrected chi connectivity index (χ0v) is 10.6. The molecular weight excluding hydrogens is 198 g/mol. The zero-order valence-electron chi connectivity index (χ0n) is 10.6. The van der Waals surface area contributed by atoms with E-state index in [1.165, 1.54) is 11.1 Å². The van der Waals surface area contributed by atoms with Crippen LogP contribution in [0.1, 0.15) is 37.4 Å². The van der Waals surface area contributed by atoms with Gasteiger partial charge in [-0.3, -0.25) is 0 Å². The molecule has 0 radical (unpaired) electrons. The first-order chi connectivity index (χ1) is 7.77. The van der Waals surface area contributed by atoms with E-state index >= 15 is 0 Å². The summed E-state index contributed by atoms with van der Waals surface area (Å²) >= 11 is 0. The summed E-state index contributed by atoms with van der Waals surface area (Å²) in [5, 5.41) is 3.50. The molecule has 1 aromatic carbocycles. The normalized spacial score (nSPS) is 12.7. The Bertz CT molecular complexity index is 281. The van der Waals surface area contributed by atoms with Crippen molar-refractivity contribution in [2.75, 3.05) is 19.8 Å². The number of aryl methyl sites for hydroxylation is 1. The van der Waals surface area contributed by atoms with Crippen LogP contribution < -0.4 is 5.32 Å². The van der Waals surface area contributed by atoms with E-state index in [0.29, 0.717) is 6.04 Å². The SMILES string of the molecule is CCNC(CCOCC)c1ccc(C)cc1. The summed E-state index contributed by atoms with van der Waals surface area (Å²) in [7, 11) is 0. The maximum absolute atomic E-state index is 5.42. The lowest BCUT2D eigenvalue weighted by molar-refractivity contribution is 0.136. The smallest absolute Gasteiger partial charge is 0.0484 e. The van der Waals surface area contributed by atoms with Crippen LogP contribution >= 0.6 is 0 Å². The van der Waals surface area contributed by atoms with E-state index in [0.717, 1.165) is 26.2 Å². The third-order valence-electron chi connectivity index (χ3n) is 2.69. The molecule has 2 nitrogen and oxygen atoms in total. The Hall–Kier alpha value is -0.860. The molecule has 0 bridgehead atoms. The molecule has 1 aromatic rings. The highest BCUT2D eigenvalue weighted by molar-refractivity contribution is 5.24. The van der Waals surface area contributed by atoms with Crippen LogP contribution in [-0.2, 0) is 4.74 Å². The highest BCUT2D eigenvalue weighted by Crippen LogP contribution is 2.17. The third kappa shape index (κ3) is 4.33. The summed E-state index contributed by atoms with van der Waals surface area (Å²) in [4.78, 5) is 0. The Morgan fingerprint density at radius 3 is 2.44 bits per heavy atom. The van der Waals surface area contributed by atoms with E-state index < -0.39 is 0 Å². The molecule has 1 N–H and O–H groups in total. The summed E-state index contributed by atoms with van der Waals surface area (Å²) in [6, 6.07) is 9.15. The van der Waals surface area contributed by atoms with Crippen molar-refractivity contribution in [1.82, 2.24) is 5.32 Å². The Balaban J connectivity index is 2.57. The van der Waals surface area contributed by atoms with Crippen LogP contribution in [0.15, 0.2) is 24.3 Å². The molecule has 0 fully saturated rings. The van der Waals surface area contributed by atoms with Crippen molar-refractivity contribution in [2.24, 2.45) is 0 Å². The van der Waals surface area contributed by atoms with Gasteiger partial charge in [0.2, 0.25) is 0 Å². The number of hydrogen-bond acceptors (Lipinski definition) is 2. The van der Waals surface area contributed by atoms with Crippen LogP contribution in [0.4, 0.5) is 0 Å². The summed E-state index contributed by atoms with van der Waals surface area (Å²) < 4.78 is 5.42. The van der Waals surface area contributed by atoms with Crippen molar-refractivity contribution in [2.45, 2.75) is 33.2 Å². The average molecular weight is 221 g/mol. The average Bonchev–Trinajstić information content (AvgIpc) is 2.29. The van der Waals surface area contributed by atoms with E-state index in [1.807, 2.05) is 6.92 Å². The molecule has 0 amide bonds. The van der Waals surface area contributed by atoms with E-state index in [-0.39, 0.29) is 0 Å². The van der Waals surface area contributed by atoms with Gasteiger partial charge in [-0.15, -0.1) is 0 Å². The fraction of sp³-hybridized carbons (Fsp3) is 0.571. The minimum atomic E-state index is 0.414. The van der Waals surface area contributed by atoms with Gasteiger partial charge < -0.3 is 10.1 Å². The fourth-order valence-corrected chi connectivity index (χ4v) is 1.78. The Morgan fingerprint density at radius 1 is 1.19 bits per heavy atom. The largest absolute Gasteiger partial charge is 0.382 e. The van der Waals surface area contributed by atoms with Crippen molar-refractivity contribution in [1.29, 1.82) is 0 Å². The number of nitrogens with one attached hydrogen (secondary N) is 1. The first-order valence-corrected chi connectivity index (χ1v) is 6.15. The van der Waals surface area contributed by atoms with Crippen molar-refractivity contribution >= 4 is 0 Å². The van der Waals surface area contributed by atoms with Crippen molar-refractivity contribution in [3.63, 3.8) is 0 Å². The van der Waals surface area contributed by atoms with Crippen LogP contribution in [0.25, 0.3) is 0 Å². The highest BCUT2D eigenvalue weighted by Gasteiger charge is 2.09. The van der Waals surface area contributed by atoms with Crippen molar-refractivity contribution < 1.29 is 4.74 Å². The quantitative estimate of drug-likeness (QED) is 0.714. The van der Waals surface area contributed by atoms with Gasteiger partial charge in [-0.25, -0.2) is 0 Å². The van der Waals surface area contributed by atoms with E-state index in [2.05, 4.69) is 43.4 Å². The molecule has 1 atom stereocenters. The second kappa shape index (κ2) is 7.42. The molecule has 1 unspecified atom stereocenters. The molecule has 0 spiro atoms. The van der Waals surface area contributed by atoms with Crippen LogP contribution in [0.3, 0.4) is 0 Å². The van der Waals surface area contributed by atoms with Crippen LogP contribution in [0, 0.1) is 6.92 Å². The van der Waals surface area contributed by atoms with Crippen LogP contribution in [0.5, 0.6) is 0 Å². The predicted octanol–water partition coefficient (Wildman–Crippen LogP) is 3.07. The van der Waals surface area contributed by atoms with Gasteiger partial charge in [0.25, 0.3) is 0 Å². The minimum absolute atomic E-state index is 0.414. The fourth-order valence-electron chi connectivity index (χ4n) is 1.78. The predicted molar refractivity (Wildman–Crippen MR) is 68.7 cm³/mol. The molecule has 90 valence electrons. The highest BCUT2D eigenvalue weighted by atomic mass is 16.5. The second-order valence-electron chi connectivity index (χ2n) is 4.01. The molecule has 0 aromatic heterocycles. The van der Waals surface area contributed by atoms with Gasteiger partial charge in [0.05, 0.1) is 0 Å². The molecule has 0 aliphatic rings. The van der Waals surface area contributed by atoms with E-state index in [1.54, 1.807) is 0 Å². The Kier molecular flexibility index (Phi) is 6.12. The van der Waals surface area contributed by atoms with Gasteiger partial charge in [0.15, 0.2) is 0 Å². The first kappa shape index (κ1) is 13.2.